The van der Waals surface area contributed by atoms with E-state index in [0.717, 1.165) is 24.3 Å². The van der Waals surface area contributed by atoms with Gasteiger partial charge in [0.25, 0.3) is 0 Å². The minimum absolute atomic E-state index is 0.0687. The summed E-state index contributed by atoms with van der Waals surface area (Å²) in [5.74, 6) is 3.28. The summed E-state index contributed by atoms with van der Waals surface area (Å²) in [5, 5.41) is 0. The summed E-state index contributed by atoms with van der Waals surface area (Å²) in [6.07, 6.45) is 1.10. The van der Waals surface area contributed by atoms with E-state index in [1.165, 1.54) is 11.5 Å². The number of thioether (sulfide) groups is 1. The molecule has 1 atom stereocenters. The van der Waals surface area contributed by atoms with E-state index in [9.17, 15) is 0 Å². The molecule has 1 aromatic carbocycles. The number of rotatable bonds is 7. The van der Waals surface area contributed by atoms with Crippen molar-refractivity contribution in [3.63, 3.8) is 0 Å². The van der Waals surface area contributed by atoms with E-state index in [1.807, 2.05) is 43.0 Å². The first-order valence-electron chi connectivity index (χ1n) is 5.80. The van der Waals surface area contributed by atoms with Gasteiger partial charge in [0.15, 0.2) is 0 Å². The lowest BCUT2D eigenvalue weighted by atomic mass is 10.1. The molecule has 1 rings (SSSR count). The normalized spacial score (nSPS) is 12.4. The Balaban J connectivity index is 2.33. The van der Waals surface area contributed by atoms with Gasteiger partial charge in [0.05, 0.1) is 6.61 Å². The highest BCUT2D eigenvalue weighted by Crippen LogP contribution is 2.17. The molecule has 0 saturated heterocycles. The molecule has 1 unspecified atom stereocenters. The molecule has 0 aromatic heterocycles. The minimum atomic E-state index is 0.0687. The average molecular weight is 239 g/mol. The fourth-order valence-electron chi connectivity index (χ4n) is 1.38. The molecule has 90 valence electrons. The van der Waals surface area contributed by atoms with Crippen molar-refractivity contribution in [2.24, 2.45) is 5.73 Å². The van der Waals surface area contributed by atoms with Gasteiger partial charge in [0.2, 0.25) is 0 Å². The van der Waals surface area contributed by atoms with E-state index in [4.69, 9.17) is 10.5 Å². The number of benzene rings is 1. The number of ether oxygens (including phenoxy) is 1. The zero-order chi connectivity index (χ0) is 11.8. The molecule has 0 bridgehead atoms. The molecule has 0 aliphatic rings. The van der Waals surface area contributed by atoms with Gasteiger partial charge in [-0.1, -0.05) is 19.1 Å². The van der Waals surface area contributed by atoms with Crippen molar-refractivity contribution in [3.05, 3.63) is 29.8 Å². The molecule has 2 N–H and O–H groups in total. The van der Waals surface area contributed by atoms with Crippen LogP contribution in [0.3, 0.4) is 0 Å². The van der Waals surface area contributed by atoms with Crippen LogP contribution >= 0.6 is 11.8 Å². The second kappa shape index (κ2) is 7.58. The maximum Gasteiger partial charge on any atom is 0.119 e. The summed E-state index contributed by atoms with van der Waals surface area (Å²) in [7, 11) is 0. The Bertz CT molecular complexity index is 302. The van der Waals surface area contributed by atoms with Gasteiger partial charge in [0.1, 0.15) is 5.75 Å². The fourth-order valence-corrected chi connectivity index (χ4v) is 1.99. The molecule has 0 radical (unpaired) electrons. The third-order valence-electron chi connectivity index (χ3n) is 2.29. The third kappa shape index (κ3) is 4.90. The van der Waals surface area contributed by atoms with E-state index < -0.39 is 0 Å². The molecule has 0 aliphatic heterocycles. The molecule has 2 nitrogen and oxygen atoms in total. The van der Waals surface area contributed by atoms with Crippen LogP contribution < -0.4 is 10.5 Å². The lowest BCUT2D eigenvalue weighted by Gasteiger charge is -2.09. The van der Waals surface area contributed by atoms with Gasteiger partial charge in [-0.3, -0.25) is 0 Å². The van der Waals surface area contributed by atoms with Crippen molar-refractivity contribution in [1.82, 2.24) is 0 Å². The van der Waals surface area contributed by atoms with Gasteiger partial charge >= 0.3 is 0 Å². The smallest absolute Gasteiger partial charge is 0.119 e. The monoisotopic (exact) mass is 239 g/mol. The molecule has 0 amide bonds. The maximum absolute atomic E-state index is 5.82. The Labute approximate surface area is 103 Å². The molecular weight excluding hydrogens is 218 g/mol. The highest BCUT2D eigenvalue weighted by Gasteiger charge is 2.00. The van der Waals surface area contributed by atoms with Gasteiger partial charge < -0.3 is 10.5 Å². The van der Waals surface area contributed by atoms with Crippen molar-refractivity contribution in [2.45, 2.75) is 26.3 Å². The van der Waals surface area contributed by atoms with Crippen molar-refractivity contribution in [2.75, 3.05) is 18.1 Å². The minimum Gasteiger partial charge on any atom is -0.494 e. The van der Waals surface area contributed by atoms with Crippen LogP contribution in [0.15, 0.2) is 24.3 Å². The Morgan fingerprint density at radius 1 is 1.44 bits per heavy atom. The summed E-state index contributed by atoms with van der Waals surface area (Å²) in [6, 6.07) is 8.11. The van der Waals surface area contributed by atoms with Crippen LogP contribution in [0, 0.1) is 0 Å². The van der Waals surface area contributed by atoms with Crippen molar-refractivity contribution in [3.8, 4) is 5.75 Å². The highest BCUT2D eigenvalue weighted by molar-refractivity contribution is 7.99. The van der Waals surface area contributed by atoms with Crippen LogP contribution in [-0.4, -0.2) is 18.1 Å². The van der Waals surface area contributed by atoms with Gasteiger partial charge in [-0.2, -0.15) is 11.8 Å². The second-order valence-electron chi connectivity index (χ2n) is 3.76. The molecule has 3 heteroatoms. The summed E-state index contributed by atoms with van der Waals surface area (Å²) < 4.78 is 5.67. The van der Waals surface area contributed by atoms with Crippen LogP contribution in [0.2, 0.25) is 0 Å². The van der Waals surface area contributed by atoms with E-state index in [1.54, 1.807) is 0 Å². The van der Waals surface area contributed by atoms with E-state index in [0.29, 0.717) is 0 Å². The first-order valence-corrected chi connectivity index (χ1v) is 6.95. The van der Waals surface area contributed by atoms with Crippen LogP contribution in [0.1, 0.15) is 31.9 Å². The van der Waals surface area contributed by atoms with Crippen molar-refractivity contribution < 1.29 is 4.74 Å². The summed E-state index contributed by atoms with van der Waals surface area (Å²) >= 11 is 1.95. The van der Waals surface area contributed by atoms with Gasteiger partial charge in [-0.05, 0) is 42.5 Å². The van der Waals surface area contributed by atoms with Gasteiger partial charge in [-0.25, -0.2) is 0 Å². The van der Waals surface area contributed by atoms with E-state index in [2.05, 4.69) is 6.92 Å². The van der Waals surface area contributed by atoms with Crippen LogP contribution in [0.5, 0.6) is 5.75 Å². The summed E-state index contributed by atoms with van der Waals surface area (Å²) in [6.45, 7) is 4.95. The fraction of sp³-hybridized carbons (Fsp3) is 0.538. The van der Waals surface area contributed by atoms with E-state index >= 15 is 0 Å². The molecular formula is C13H21NOS. The summed E-state index contributed by atoms with van der Waals surface area (Å²) in [4.78, 5) is 0. The Morgan fingerprint density at radius 3 is 2.94 bits per heavy atom. The lowest BCUT2D eigenvalue weighted by Crippen LogP contribution is -2.05. The molecule has 1 aromatic rings. The van der Waals surface area contributed by atoms with E-state index in [-0.39, 0.29) is 6.04 Å². The largest absolute Gasteiger partial charge is 0.494 e. The van der Waals surface area contributed by atoms with Crippen molar-refractivity contribution >= 4 is 11.8 Å². The first kappa shape index (κ1) is 13.4. The molecule has 0 saturated carbocycles. The standard InChI is InChI=1S/C13H21NOS/c1-3-16-9-5-8-15-13-7-4-6-12(10-13)11(2)14/h4,6-7,10-11H,3,5,8-9,14H2,1-2H3. The molecule has 0 heterocycles. The zero-order valence-corrected chi connectivity index (χ0v) is 10.9. The van der Waals surface area contributed by atoms with Crippen LogP contribution in [-0.2, 0) is 0 Å². The Hall–Kier alpha value is -0.670. The Morgan fingerprint density at radius 2 is 2.25 bits per heavy atom. The van der Waals surface area contributed by atoms with Crippen molar-refractivity contribution in [1.29, 1.82) is 0 Å². The summed E-state index contributed by atoms with van der Waals surface area (Å²) in [5.41, 5.74) is 6.94. The van der Waals surface area contributed by atoms with Crippen LogP contribution in [0.4, 0.5) is 0 Å². The highest BCUT2D eigenvalue weighted by atomic mass is 32.2. The predicted molar refractivity (Wildman–Crippen MR) is 72.2 cm³/mol. The SMILES string of the molecule is CCSCCCOc1cccc(C(C)N)c1. The zero-order valence-electron chi connectivity index (χ0n) is 10.1. The third-order valence-corrected chi connectivity index (χ3v) is 3.28. The lowest BCUT2D eigenvalue weighted by molar-refractivity contribution is 0.318. The molecule has 0 spiro atoms. The number of hydrogen-bond donors (Lipinski definition) is 1. The Kier molecular flexibility index (Phi) is 6.34. The van der Waals surface area contributed by atoms with Gasteiger partial charge in [-0.15, -0.1) is 0 Å². The maximum atomic E-state index is 5.82. The second-order valence-corrected chi connectivity index (χ2v) is 5.15. The molecule has 16 heavy (non-hydrogen) atoms. The molecule has 0 aliphatic carbocycles. The average Bonchev–Trinajstić information content (AvgIpc) is 2.29. The first-order chi connectivity index (χ1) is 7.74. The van der Waals surface area contributed by atoms with Crippen LogP contribution in [0.25, 0.3) is 0 Å². The van der Waals surface area contributed by atoms with Gasteiger partial charge in [0, 0.05) is 6.04 Å². The quantitative estimate of drug-likeness (QED) is 0.742. The molecule has 0 fully saturated rings. The number of nitrogens with two attached hydrogens (primary N) is 1. The predicted octanol–water partition coefficient (Wildman–Crippen LogP) is 3.23. The topological polar surface area (TPSA) is 35.2 Å². The number of hydrogen-bond acceptors (Lipinski definition) is 3.